The SMILES string of the molecule is C/C=C/C(=O)N(C)[C@@H](CC#N)CN(C)c1nc(OC[C@@H]2CCCN2C)nc2c1CCN(c1cccc3cccc(C)c13)C2. The molecule has 3 aromatic rings. The number of aromatic nitrogens is 2. The number of amides is 1. The monoisotopic (exact) mass is 581 g/mol. The van der Waals surface area contributed by atoms with Crippen LogP contribution in [0.4, 0.5) is 11.5 Å². The van der Waals surface area contributed by atoms with Gasteiger partial charge in [-0.2, -0.15) is 15.2 Å². The molecule has 0 radical (unpaired) electrons. The van der Waals surface area contributed by atoms with Gasteiger partial charge in [-0.1, -0.05) is 36.4 Å². The molecule has 43 heavy (non-hydrogen) atoms. The molecule has 1 aromatic heterocycles. The highest BCUT2D eigenvalue weighted by Crippen LogP contribution is 2.35. The molecule has 2 aliphatic rings. The Morgan fingerprint density at radius 2 is 2.00 bits per heavy atom. The summed E-state index contributed by atoms with van der Waals surface area (Å²) in [5, 5.41) is 12.1. The van der Waals surface area contributed by atoms with Gasteiger partial charge < -0.3 is 24.3 Å². The topological polar surface area (TPSA) is 88.8 Å². The molecule has 5 rings (SSSR count). The minimum absolute atomic E-state index is 0.119. The number of hydrogen-bond donors (Lipinski definition) is 0. The van der Waals surface area contributed by atoms with Gasteiger partial charge in [-0.05, 0) is 69.8 Å². The predicted octanol–water partition coefficient (Wildman–Crippen LogP) is 4.73. The van der Waals surface area contributed by atoms with Gasteiger partial charge in [-0.25, -0.2) is 0 Å². The van der Waals surface area contributed by atoms with E-state index in [1.165, 1.54) is 34.5 Å². The minimum Gasteiger partial charge on any atom is -0.462 e. The molecule has 1 saturated heterocycles. The highest BCUT2D eigenvalue weighted by Gasteiger charge is 2.29. The highest BCUT2D eigenvalue weighted by molar-refractivity contribution is 5.97. The van der Waals surface area contributed by atoms with E-state index < -0.39 is 0 Å². The Bertz CT molecular complexity index is 1530. The van der Waals surface area contributed by atoms with Crippen LogP contribution in [0.3, 0.4) is 0 Å². The summed E-state index contributed by atoms with van der Waals surface area (Å²) in [6, 6.07) is 15.6. The molecule has 9 heteroatoms. The number of nitriles is 1. The zero-order chi connectivity index (χ0) is 30.5. The Balaban J connectivity index is 1.47. The molecule has 1 fully saturated rings. The number of hydrogen-bond acceptors (Lipinski definition) is 8. The van der Waals surface area contributed by atoms with E-state index in [2.05, 4.69) is 71.1 Å². The van der Waals surface area contributed by atoms with Crippen molar-refractivity contribution in [3.63, 3.8) is 0 Å². The third-order valence-corrected chi connectivity index (χ3v) is 8.91. The van der Waals surface area contributed by atoms with Crippen LogP contribution in [0.5, 0.6) is 6.01 Å². The quantitative estimate of drug-likeness (QED) is 0.318. The second-order valence-electron chi connectivity index (χ2n) is 11.8. The average molecular weight is 582 g/mol. The number of anilines is 2. The van der Waals surface area contributed by atoms with E-state index >= 15 is 0 Å². The van der Waals surface area contributed by atoms with Gasteiger partial charge in [-0.15, -0.1) is 0 Å². The number of allylic oxidation sites excluding steroid dienone is 1. The summed E-state index contributed by atoms with van der Waals surface area (Å²) in [4.78, 5) is 31.0. The minimum atomic E-state index is -0.292. The van der Waals surface area contributed by atoms with Crippen LogP contribution in [0.15, 0.2) is 48.6 Å². The van der Waals surface area contributed by atoms with Crippen LogP contribution < -0.4 is 14.5 Å². The van der Waals surface area contributed by atoms with Gasteiger partial charge in [0.2, 0.25) is 5.91 Å². The predicted molar refractivity (Wildman–Crippen MR) is 171 cm³/mol. The summed E-state index contributed by atoms with van der Waals surface area (Å²) >= 11 is 0. The van der Waals surface area contributed by atoms with Crippen molar-refractivity contribution in [2.75, 3.05) is 57.2 Å². The Morgan fingerprint density at radius 3 is 2.72 bits per heavy atom. The van der Waals surface area contributed by atoms with Crippen LogP contribution in [0.2, 0.25) is 0 Å². The maximum Gasteiger partial charge on any atom is 0.318 e. The second kappa shape index (κ2) is 13.4. The normalized spacial score (nSPS) is 17.6. The maximum atomic E-state index is 12.6. The van der Waals surface area contributed by atoms with Crippen molar-refractivity contribution in [2.24, 2.45) is 0 Å². The molecule has 2 aliphatic heterocycles. The summed E-state index contributed by atoms with van der Waals surface area (Å²) in [5.41, 5.74) is 4.52. The van der Waals surface area contributed by atoms with E-state index in [-0.39, 0.29) is 18.4 Å². The Morgan fingerprint density at radius 1 is 1.21 bits per heavy atom. The maximum absolute atomic E-state index is 12.6. The average Bonchev–Trinajstić information content (AvgIpc) is 3.42. The first-order chi connectivity index (χ1) is 20.8. The van der Waals surface area contributed by atoms with Crippen molar-refractivity contribution < 1.29 is 9.53 Å². The fourth-order valence-corrected chi connectivity index (χ4v) is 6.38. The zero-order valence-corrected chi connectivity index (χ0v) is 26.1. The van der Waals surface area contributed by atoms with E-state index in [4.69, 9.17) is 14.7 Å². The molecule has 2 aromatic carbocycles. The Hall–Kier alpha value is -4.16. The van der Waals surface area contributed by atoms with Gasteiger partial charge in [0.25, 0.3) is 0 Å². The molecule has 0 unspecified atom stereocenters. The molecule has 2 atom stereocenters. The fraction of sp³-hybridized carbons (Fsp3) is 0.471. The van der Waals surface area contributed by atoms with E-state index in [0.29, 0.717) is 31.7 Å². The third kappa shape index (κ3) is 6.60. The van der Waals surface area contributed by atoms with Crippen LogP contribution >= 0.6 is 0 Å². The Kier molecular flexibility index (Phi) is 9.46. The van der Waals surface area contributed by atoms with Crippen molar-refractivity contribution >= 4 is 28.2 Å². The number of ether oxygens (including phenoxy) is 1. The van der Waals surface area contributed by atoms with Gasteiger partial charge >= 0.3 is 6.01 Å². The van der Waals surface area contributed by atoms with Gasteiger partial charge in [0.05, 0.1) is 30.8 Å². The number of aryl methyl sites for hydroxylation is 1. The summed E-state index contributed by atoms with van der Waals surface area (Å²) in [7, 11) is 5.87. The number of carbonyl (C=O) groups excluding carboxylic acids is 1. The largest absolute Gasteiger partial charge is 0.462 e. The molecule has 226 valence electrons. The molecule has 0 aliphatic carbocycles. The first-order valence-electron chi connectivity index (χ1n) is 15.2. The highest BCUT2D eigenvalue weighted by atomic mass is 16.5. The molecular weight excluding hydrogens is 538 g/mol. The lowest BCUT2D eigenvalue weighted by Gasteiger charge is -2.35. The number of likely N-dealkylation sites (N-methyl/N-ethyl adjacent to an activating group) is 3. The molecule has 3 heterocycles. The van der Waals surface area contributed by atoms with Crippen molar-refractivity contribution in [3.8, 4) is 12.1 Å². The molecule has 0 spiro atoms. The van der Waals surface area contributed by atoms with Gasteiger partial charge in [0, 0.05) is 49.9 Å². The summed E-state index contributed by atoms with van der Waals surface area (Å²) in [6.07, 6.45) is 6.53. The summed E-state index contributed by atoms with van der Waals surface area (Å²) in [6.45, 7) is 7.55. The van der Waals surface area contributed by atoms with Crippen LogP contribution in [0.1, 0.15) is 43.0 Å². The molecule has 0 bridgehead atoms. The van der Waals surface area contributed by atoms with Gasteiger partial charge in [0.15, 0.2) is 0 Å². The molecule has 0 N–H and O–H groups in total. The lowest BCUT2D eigenvalue weighted by molar-refractivity contribution is -0.126. The number of nitrogens with zero attached hydrogens (tertiary/aromatic N) is 7. The van der Waals surface area contributed by atoms with E-state index in [0.717, 1.165) is 43.0 Å². The first-order valence-corrected chi connectivity index (χ1v) is 15.2. The second-order valence-corrected chi connectivity index (χ2v) is 11.8. The summed E-state index contributed by atoms with van der Waals surface area (Å²) in [5.74, 6) is 0.690. The van der Waals surface area contributed by atoms with E-state index in [1.807, 2.05) is 14.0 Å². The fourth-order valence-electron chi connectivity index (χ4n) is 6.38. The van der Waals surface area contributed by atoms with Crippen molar-refractivity contribution in [1.29, 1.82) is 5.26 Å². The lowest BCUT2D eigenvalue weighted by atomic mass is 9.99. The standard InChI is InChI=1S/C34H43N7O2/c1-6-10-31(42)40(5)26(16-18-35)21-39(4)33-28-17-20-41(30-15-8-13-25-12-7-11-24(2)32(25)30)22-29(28)36-34(37-33)43-23-27-14-9-19-38(27)3/h6-8,10-13,15,26-27H,9,14,16-17,19-23H2,1-5H3/b10-6+/t26-,27-/m0/s1. The van der Waals surface area contributed by atoms with Crippen LogP contribution in [-0.4, -0.2) is 85.1 Å². The number of fused-ring (bicyclic) bond motifs is 2. The summed E-state index contributed by atoms with van der Waals surface area (Å²) < 4.78 is 6.28. The molecule has 9 nitrogen and oxygen atoms in total. The van der Waals surface area contributed by atoms with Crippen LogP contribution in [0, 0.1) is 18.3 Å². The van der Waals surface area contributed by atoms with Crippen LogP contribution in [-0.2, 0) is 17.8 Å². The first kappa shape index (κ1) is 30.3. The van der Waals surface area contributed by atoms with Crippen molar-refractivity contribution in [3.05, 3.63) is 65.4 Å². The van der Waals surface area contributed by atoms with E-state index in [1.54, 1.807) is 18.0 Å². The molecular formula is C34H43N7O2. The smallest absolute Gasteiger partial charge is 0.318 e. The van der Waals surface area contributed by atoms with Gasteiger partial charge in [0.1, 0.15) is 12.4 Å². The third-order valence-electron chi connectivity index (χ3n) is 8.91. The number of likely N-dealkylation sites (tertiary alicyclic amines) is 1. The number of benzene rings is 2. The van der Waals surface area contributed by atoms with Crippen LogP contribution in [0.25, 0.3) is 10.8 Å². The van der Waals surface area contributed by atoms with Gasteiger partial charge in [-0.3, -0.25) is 4.79 Å². The molecule has 0 saturated carbocycles. The molecule has 1 amide bonds. The number of carbonyl (C=O) groups is 1. The van der Waals surface area contributed by atoms with E-state index in [9.17, 15) is 10.1 Å². The Labute approximate surface area is 255 Å². The lowest BCUT2D eigenvalue weighted by Crippen LogP contribution is -2.44. The number of rotatable bonds is 10. The zero-order valence-electron chi connectivity index (χ0n) is 26.1. The van der Waals surface area contributed by atoms with Crippen molar-refractivity contribution in [1.82, 2.24) is 19.8 Å². The van der Waals surface area contributed by atoms with Crippen molar-refractivity contribution in [2.45, 2.75) is 58.2 Å².